The van der Waals surface area contributed by atoms with Crippen LogP contribution in [0.2, 0.25) is 0 Å². The molecule has 0 bridgehead atoms. The van der Waals surface area contributed by atoms with Gasteiger partial charge in [-0.05, 0) is 38.5 Å². The van der Waals surface area contributed by atoms with Crippen molar-refractivity contribution < 1.29 is 19.4 Å². The molecule has 0 aromatic heterocycles. The molecule has 1 atom stereocenters. The first-order chi connectivity index (χ1) is 17.1. The second-order valence-corrected chi connectivity index (χ2v) is 10.3. The van der Waals surface area contributed by atoms with Gasteiger partial charge in [0, 0.05) is 0 Å². The van der Waals surface area contributed by atoms with E-state index < -0.39 is 11.9 Å². The lowest BCUT2D eigenvalue weighted by Gasteiger charge is -2.13. The molecule has 0 radical (unpaired) electrons. The van der Waals surface area contributed by atoms with Gasteiger partial charge < -0.3 is 9.84 Å². The van der Waals surface area contributed by atoms with E-state index in [1.165, 1.54) is 116 Å². The van der Waals surface area contributed by atoms with E-state index in [-0.39, 0.29) is 12.4 Å². The predicted octanol–water partition coefficient (Wildman–Crippen LogP) is 9.80. The molecular formula is C31H58O4. The zero-order chi connectivity index (χ0) is 25.8. The number of unbranched alkanes of at least 4 members (excludes halogenated alkanes) is 18. The maximum atomic E-state index is 12.0. The lowest BCUT2D eigenvalue weighted by molar-refractivity contribution is -0.153. The first-order valence-electron chi connectivity index (χ1n) is 15.1. The van der Waals surface area contributed by atoms with E-state index in [0.717, 1.165) is 19.3 Å². The Balaban J connectivity index is 3.43. The third-order valence-corrected chi connectivity index (χ3v) is 6.77. The number of carbonyl (C=O) groups excluding carboxylic acids is 1. The number of carbonyl (C=O) groups is 2. The van der Waals surface area contributed by atoms with Crippen molar-refractivity contribution in [3.8, 4) is 0 Å². The lowest BCUT2D eigenvalue weighted by Crippen LogP contribution is -2.21. The van der Waals surface area contributed by atoms with Crippen LogP contribution in [-0.2, 0) is 14.3 Å². The molecule has 0 fully saturated rings. The summed E-state index contributed by atoms with van der Waals surface area (Å²) in [5.41, 5.74) is 0. The monoisotopic (exact) mass is 494 g/mol. The highest BCUT2D eigenvalue weighted by molar-refractivity contribution is 5.79. The molecule has 0 spiro atoms. The highest BCUT2D eigenvalue weighted by Gasteiger charge is 2.22. The van der Waals surface area contributed by atoms with Crippen molar-refractivity contribution in [2.45, 2.75) is 162 Å². The van der Waals surface area contributed by atoms with Crippen LogP contribution in [0.1, 0.15) is 162 Å². The van der Waals surface area contributed by atoms with Crippen molar-refractivity contribution in [3.05, 3.63) is 12.2 Å². The summed E-state index contributed by atoms with van der Waals surface area (Å²) in [5, 5.41) is 9.02. The third kappa shape index (κ3) is 25.6. The molecule has 1 unspecified atom stereocenters. The summed E-state index contributed by atoms with van der Waals surface area (Å²) >= 11 is 0. The zero-order valence-electron chi connectivity index (χ0n) is 23.4. The Labute approximate surface area is 217 Å². The summed E-state index contributed by atoms with van der Waals surface area (Å²) in [6.07, 6.45) is 32.2. The number of hydrogen-bond donors (Lipinski definition) is 1. The van der Waals surface area contributed by atoms with E-state index in [1.807, 2.05) is 6.92 Å². The molecule has 0 saturated heterocycles. The van der Waals surface area contributed by atoms with Crippen LogP contribution in [-0.4, -0.2) is 23.7 Å². The van der Waals surface area contributed by atoms with Gasteiger partial charge in [-0.3, -0.25) is 9.59 Å². The third-order valence-electron chi connectivity index (χ3n) is 6.77. The second-order valence-electron chi connectivity index (χ2n) is 10.3. The van der Waals surface area contributed by atoms with Gasteiger partial charge >= 0.3 is 11.9 Å². The van der Waals surface area contributed by atoms with Crippen LogP contribution >= 0.6 is 0 Å². The molecule has 0 saturated carbocycles. The van der Waals surface area contributed by atoms with Gasteiger partial charge in [-0.15, -0.1) is 0 Å². The van der Waals surface area contributed by atoms with Crippen LogP contribution in [0.5, 0.6) is 0 Å². The fourth-order valence-corrected chi connectivity index (χ4v) is 4.53. The molecule has 0 amide bonds. The van der Waals surface area contributed by atoms with Crippen molar-refractivity contribution in [2.75, 3.05) is 6.61 Å². The van der Waals surface area contributed by atoms with Crippen molar-refractivity contribution in [2.24, 2.45) is 5.92 Å². The average Bonchev–Trinajstić information content (AvgIpc) is 2.84. The van der Waals surface area contributed by atoms with Crippen molar-refractivity contribution in [3.63, 3.8) is 0 Å². The number of rotatable bonds is 27. The standard InChI is InChI=1S/C31H58O4/c1-3-5-6-7-8-9-10-11-12-13-14-15-16-17-18-19-20-21-22-23-24-25-26-29(28-30(32)33)31(34)35-27-4-2/h16-17,29H,3-15,18-28H2,1-2H3,(H,32,33)/b17-16+. The van der Waals surface area contributed by atoms with E-state index >= 15 is 0 Å². The van der Waals surface area contributed by atoms with E-state index in [1.54, 1.807) is 0 Å². The molecule has 206 valence electrons. The Morgan fingerprint density at radius 1 is 0.629 bits per heavy atom. The number of carboxylic acid groups (broad SMARTS) is 1. The molecule has 4 nitrogen and oxygen atoms in total. The minimum Gasteiger partial charge on any atom is -0.481 e. The second kappa shape index (κ2) is 27.3. The van der Waals surface area contributed by atoms with E-state index in [2.05, 4.69) is 19.1 Å². The molecule has 35 heavy (non-hydrogen) atoms. The number of allylic oxidation sites excluding steroid dienone is 2. The fraction of sp³-hybridized carbons (Fsp3) is 0.871. The highest BCUT2D eigenvalue weighted by atomic mass is 16.5. The predicted molar refractivity (Wildman–Crippen MR) is 149 cm³/mol. The molecule has 0 aliphatic carbocycles. The zero-order valence-corrected chi connectivity index (χ0v) is 23.4. The maximum absolute atomic E-state index is 12.0. The quantitative estimate of drug-likeness (QED) is 0.0701. The van der Waals surface area contributed by atoms with Gasteiger partial charge in [0.1, 0.15) is 0 Å². The molecule has 0 aliphatic rings. The van der Waals surface area contributed by atoms with E-state index in [4.69, 9.17) is 9.84 Å². The molecular weight excluding hydrogens is 436 g/mol. The Morgan fingerprint density at radius 2 is 1.06 bits per heavy atom. The molecule has 4 heteroatoms. The van der Waals surface area contributed by atoms with Crippen molar-refractivity contribution >= 4 is 11.9 Å². The van der Waals surface area contributed by atoms with Crippen LogP contribution < -0.4 is 0 Å². The average molecular weight is 495 g/mol. The molecule has 0 aromatic rings. The first kappa shape index (κ1) is 33.7. The van der Waals surface area contributed by atoms with Gasteiger partial charge in [0.25, 0.3) is 0 Å². The molecule has 0 aliphatic heterocycles. The molecule has 0 heterocycles. The number of carboxylic acids is 1. The topological polar surface area (TPSA) is 63.6 Å². The lowest BCUT2D eigenvalue weighted by atomic mass is 9.97. The van der Waals surface area contributed by atoms with Gasteiger partial charge in [0.15, 0.2) is 0 Å². The van der Waals surface area contributed by atoms with E-state index in [0.29, 0.717) is 13.0 Å². The Hall–Kier alpha value is -1.32. The van der Waals surface area contributed by atoms with Crippen molar-refractivity contribution in [1.82, 2.24) is 0 Å². The highest BCUT2D eigenvalue weighted by Crippen LogP contribution is 2.18. The summed E-state index contributed by atoms with van der Waals surface area (Å²) in [6, 6.07) is 0. The van der Waals surface area contributed by atoms with Gasteiger partial charge in [-0.2, -0.15) is 0 Å². The van der Waals surface area contributed by atoms with Crippen LogP contribution in [0.3, 0.4) is 0 Å². The SMILES string of the molecule is CCCCCCCCCCCCC/C=C/CCCCCCCCCC(CC(=O)O)C(=O)OCCC. The summed E-state index contributed by atoms with van der Waals surface area (Å²) in [7, 11) is 0. The van der Waals surface area contributed by atoms with E-state index in [9.17, 15) is 9.59 Å². The summed E-state index contributed by atoms with van der Waals surface area (Å²) in [4.78, 5) is 23.0. The van der Waals surface area contributed by atoms with Crippen molar-refractivity contribution in [1.29, 1.82) is 0 Å². The Bertz CT molecular complexity index is 500. The summed E-state index contributed by atoms with van der Waals surface area (Å²) < 4.78 is 5.15. The minimum atomic E-state index is -0.920. The first-order valence-corrected chi connectivity index (χ1v) is 15.1. The molecule has 0 aromatic carbocycles. The van der Waals surface area contributed by atoms with Gasteiger partial charge in [-0.25, -0.2) is 0 Å². The van der Waals surface area contributed by atoms with Crippen LogP contribution in [0.4, 0.5) is 0 Å². The number of aliphatic carboxylic acids is 1. The number of hydrogen-bond acceptors (Lipinski definition) is 3. The largest absolute Gasteiger partial charge is 0.481 e. The maximum Gasteiger partial charge on any atom is 0.309 e. The molecule has 0 rings (SSSR count). The normalized spacial score (nSPS) is 12.3. The number of ether oxygens (including phenoxy) is 1. The Morgan fingerprint density at radius 3 is 1.49 bits per heavy atom. The molecule has 1 N–H and O–H groups in total. The number of esters is 1. The van der Waals surface area contributed by atoms with Crippen LogP contribution in [0.25, 0.3) is 0 Å². The van der Waals surface area contributed by atoms with Crippen LogP contribution in [0, 0.1) is 5.92 Å². The minimum absolute atomic E-state index is 0.116. The Kier molecular flexibility index (Phi) is 26.2. The van der Waals surface area contributed by atoms with Gasteiger partial charge in [-0.1, -0.05) is 129 Å². The van der Waals surface area contributed by atoms with Crippen LogP contribution in [0.15, 0.2) is 12.2 Å². The summed E-state index contributed by atoms with van der Waals surface area (Å²) in [6.45, 7) is 4.60. The van der Waals surface area contributed by atoms with Gasteiger partial charge in [0.2, 0.25) is 0 Å². The summed E-state index contributed by atoms with van der Waals surface area (Å²) in [5.74, 6) is -1.75. The fourth-order valence-electron chi connectivity index (χ4n) is 4.53. The van der Waals surface area contributed by atoms with Gasteiger partial charge in [0.05, 0.1) is 18.9 Å². The smallest absolute Gasteiger partial charge is 0.309 e.